The molecule has 1 aromatic carbocycles. The van der Waals surface area contributed by atoms with Gasteiger partial charge in [-0.2, -0.15) is 0 Å². The van der Waals surface area contributed by atoms with E-state index in [1.807, 2.05) is 0 Å². The minimum atomic E-state index is -0.250. The average Bonchev–Trinajstić information content (AvgIpc) is 2.63. The number of nitrogens with two attached hydrogens (primary N) is 1. The molecule has 0 aromatic heterocycles. The van der Waals surface area contributed by atoms with Gasteiger partial charge in [0.05, 0.1) is 23.6 Å². The molecule has 3 rings (SSSR count). The van der Waals surface area contributed by atoms with E-state index in [9.17, 15) is 0 Å². The summed E-state index contributed by atoms with van der Waals surface area (Å²) in [5, 5.41) is 0. The van der Waals surface area contributed by atoms with Crippen LogP contribution in [0.25, 0.3) is 0 Å². The first-order valence-corrected chi connectivity index (χ1v) is 10.0. The maximum atomic E-state index is 6.49. The highest BCUT2D eigenvalue weighted by Gasteiger charge is 2.36. The lowest BCUT2D eigenvalue weighted by Crippen LogP contribution is -2.39. The van der Waals surface area contributed by atoms with Crippen molar-refractivity contribution in [2.45, 2.75) is 38.2 Å². The van der Waals surface area contributed by atoms with Gasteiger partial charge in [0.1, 0.15) is 0 Å². The number of nitrogens with zero attached hydrogens (tertiary/aromatic N) is 2. The van der Waals surface area contributed by atoms with E-state index in [1.165, 1.54) is 24.1 Å². The average molecular weight is 362 g/mol. The predicted octanol–water partition coefficient (Wildman–Crippen LogP) is 3.09. The summed E-state index contributed by atoms with van der Waals surface area (Å²) in [4.78, 5) is 4.61. The van der Waals surface area contributed by atoms with Crippen molar-refractivity contribution in [1.29, 1.82) is 0 Å². The quantitative estimate of drug-likeness (QED) is 0.789. The summed E-state index contributed by atoms with van der Waals surface area (Å²) in [6.07, 6.45) is 4.28. The Kier molecular flexibility index (Phi) is 6.43. The van der Waals surface area contributed by atoms with Crippen molar-refractivity contribution in [1.82, 2.24) is 4.90 Å². The molecule has 2 aliphatic heterocycles. The summed E-state index contributed by atoms with van der Waals surface area (Å²) in [7, 11) is 4.16. The van der Waals surface area contributed by atoms with E-state index in [1.54, 1.807) is 0 Å². The molecule has 0 radical (unpaired) electrons. The minimum absolute atomic E-state index is 0.250. The molecule has 0 atom stereocenters. The van der Waals surface area contributed by atoms with Gasteiger partial charge in [-0.1, -0.05) is 13.0 Å². The number of hydrogen-bond donors (Lipinski definition) is 1. The molecule has 5 nitrogen and oxygen atoms in total. The van der Waals surface area contributed by atoms with Crippen LogP contribution < -0.4 is 10.6 Å². The Morgan fingerprint density at radius 1 is 1.23 bits per heavy atom. The van der Waals surface area contributed by atoms with Crippen LogP contribution in [0.5, 0.6) is 0 Å². The molecule has 2 N–H and O–H groups in total. The SMILES string of the molecule is CC1CCN(c2cc(C3(OCCN(C)C)CCOCC3)ccc2N)CC1. The number of likely N-dealkylation sites (N-methyl/N-ethyl adjacent to an activating group) is 1. The van der Waals surface area contributed by atoms with Crippen LogP contribution in [0.4, 0.5) is 11.4 Å². The molecule has 0 saturated carbocycles. The van der Waals surface area contributed by atoms with Gasteiger partial charge < -0.3 is 25.0 Å². The van der Waals surface area contributed by atoms with Crippen molar-refractivity contribution < 1.29 is 9.47 Å². The summed E-state index contributed by atoms with van der Waals surface area (Å²) in [6.45, 7) is 7.68. The van der Waals surface area contributed by atoms with Gasteiger partial charge in [-0.05, 0) is 50.6 Å². The third-order valence-electron chi connectivity index (χ3n) is 5.90. The van der Waals surface area contributed by atoms with Crippen LogP contribution >= 0.6 is 0 Å². The Hall–Kier alpha value is -1.30. The van der Waals surface area contributed by atoms with E-state index >= 15 is 0 Å². The van der Waals surface area contributed by atoms with Gasteiger partial charge in [0, 0.05) is 45.7 Å². The van der Waals surface area contributed by atoms with E-state index in [0.717, 1.165) is 63.9 Å². The molecule has 0 spiro atoms. The molecule has 2 heterocycles. The second-order valence-electron chi connectivity index (χ2n) is 8.20. The van der Waals surface area contributed by atoms with E-state index in [-0.39, 0.29) is 5.60 Å². The number of hydrogen-bond acceptors (Lipinski definition) is 5. The van der Waals surface area contributed by atoms with Crippen LogP contribution in [0.1, 0.15) is 38.2 Å². The number of nitrogen functional groups attached to an aromatic ring is 1. The van der Waals surface area contributed by atoms with Gasteiger partial charge in [-0.15, -0.1) is 0 Å². The standard InChI is InChI=1S/C21H35N3O2/c1-17-6-10-24(11-7-17)20-16-18(4-5-19(20)22)21(8-13-25-14-9-21)26-15-12-23(2)3/h4-5,16-17H,6-15,22H2,1-3H3. The predicted molar refractivity (Wildman–Crippen MR) is 108 cm³/mol. The zero-order valence-electron chi connectivity index (χ0n) is 16.7. The Bertz CT molecular complexity index is 577. The molecule has 26 heavy (non-hydrogen) atoms. The van der Waals surface area contributed by atoms with E-state index < -0.39 is 0 Å². The lowest BCUT2D eigenvalue weighted by Gasteiger charge is -2.39. The van der Waals surface area contributed by atoms with E-state index in [4.69, 9.17) is 15.2 Å². The van der Waals surface area contributed by atoms with Crippen LogP contribution in [0.3, 0.4) is 0 Å². The Morgan fingerprint density at radius 3 is 2.58 bits per heavy atom. The number of ether oxygens (including phenoxy) is 2. The maximum absolute atomic E-state index is 6.49. The van der Waals surface area contributed by atoms with Crippen LogP contribution in [-0.2, 0) is 15.1 Å². The monoisotopic (exact) mass is 361 g/mol. The van der Waals surface area contributed by atoms with Gasteiger partial charge >= 0.3 is 0 Å². The molecule has 0 unspecified atom stereocenters. The number of anilines is 2. The van der Waals surface area contributed by atoms with E-state index in [0.29, 0.717) is 0 Å². The fraction of sp³-hybridized carbons (Fsp3) is 0.714. The lowest BCUT2D eigenvalue weighted by atomic mass is 9.85. The van der Waals surface area contributed by atoms with Crippen molar-refractivity contribution in [2.75, 3.05) is 64.2 Å². The second kappa shape index (κ2) is 8.59. The minimum Gasteiger partial charge on any atom is -0.397 e. The molecule has 2 saturated heterocycles. The van der Waals surface area contributed by atoms with Crippen molar-refractivity contribution >= 4 is 11.4 Å². The van der Waals surface area contributed by atoms with Crippen molar-refractivity contribution in [3.8, 4) is 0 Å². The Labute approximate surface area is 158 Å². The molecule has 2 aliphatic rings. The highest BCUT2D eigenvalue weighted by atomic mass is 16.5. The summed E-state index contributed by atoms with van der Waals surface area (Å²) in [5.41, 5.74) is 9.41. The van der Waals surface area contributed by atoms with Crippen molar-refractivity contribution in [3.05, 3.63) is 23.8 Å². The Morgan fingerprint density at radius 2 is 1.92 bits per heavy atom. The van der Waals surface area contributed by atoms with Gasteiger partial charge in [0.2, 0.25) is 0 Å². The summed E-state index contributed by atoms with van der Waals surface area (Å²) >= 11 is 0. The van der Waals surface area contributed by atoms with Crippen LogP contribution in [0.15, 0.2) is 18.2 Å². The molecule has 2 fully saturated rings. The first-order chi connectivity index (χ1) is 12.5. The van der Waals surface area contributed by atoms with Crippen LogP contribution in [-0.4, -0.2) is 58.5 Å². The van der Waals surface area contributed by atoms with Crippen LogP contribution in [0.2, 0.25) is 0 Å². The molecular weight excluding hydrogens is 326 g/mol. The van der Waals surface area contributed by atoms with E-state index in [2.05, 4.69) is 49.0 Å². The van der Waals surface area contributed by atoms with Gasteiger partial charge in [-0.3, -0.25) is 0 Å². The summed E-state index contributed by atoms with van der Waals surface area (Å²) in [6, 6.07) is 6.51. The molecule has 0 aliphatic carbocycles. The first-order valence-electron chi connectivity index (χ1n) is 10.0. The largest absolute Gasteiger partial charge is 0.397 e. The third kappa shape index (κ3) is 4.51. The summed E-state index contributed by atoms with van der Waals surface area (Å²) < 4.78 is 12.1. The normalized spacial score (nSPS) is 21.3. The highest BCUT2D eigenvalue weighted by molar-refractivity contribution is 5.69. The second-order valence-corrected chi connectivity index (χ2v) is 8.20. The fourth-order valence-corrected chi connectivity index (χ4v) is 3.99. The fourth-order valence-electron chi connectivity index (χ4n) is 3.99. The lowest BCUT2D eigenvalue weighted by molar-refractivity contribution is -0.118. The highest BCUT2D eigenvalue weighted by Crippen LogP contribution is 2.39. The smallest absolute Gasteiger partial charge is 0.0976 e. The topological polar surface area (TPSA) is 51.0 Å². The maximum Gasteiger partial charge on any atom is 0.0976 e. The molecule has 146 valence electrons. The molecule has 5 heteroatoms. The zero-order valence-corrected chi connectivity index (χ0v) is 16.7. The third-order valence-corrected chi connectivity index (χ3v) is 5.90. The van der Waals surface area contributed by atoms with Crippen LogP contribution in [0, 0.1) is 5.92 Å². The number of rotatable bonds is 6. The first kappa shape index (κ1) is 19.5. The zero-order chi connectivity index (χ0) is 18.6. The van der Waals surface area contributed by atoms with Gasteiger partial charge in [0.15, 0.2) is 0 Å². The molecular formula is C21H35N3O2. The number of benzene rings is 1. The molecule has 0 amide bonds. The van der Waals surface area contributed by atoms with Gasteiger partial charge in [0.25, 0.3) is 0 Å². The van der Waals surface area contributed by atoms with Crippen molar-refractivity contribution in [2.24, 2.45) is 5.92 Å². The Balaban J connectivity index is 1.83. The van der Waals surface area contributed by atoms with Crippen molar-refractivity contribution in [3.63, 3.8) is 0 Å². The number of piperidine rings is 1. The molecule has 1 aromatic rings. The summed E-state index contributed by atoms with van der Waals surface area (Å²) in [5.74, 6) is 0.812. The molecule has 0 bridgehead atoms. The van der Waals surface area contributed by atoms with Gasteiger partial charge in [-0.25, -0.2) is 0 Å².